The number of nitrogens with zero attached hydrogens (tertiary/aromatic N) is 3. The highest BCUT2D eigenvalue weighted by Gasteiger charge is 2.17. The molecule has 0 atom stereocenters. The Morgan fingerprint density at radius 1 is 1.45 bits per heavy atom. The third-order valence-electron chi connectivity index (χ3n) is 3.47. The van der Waals surface area contributed by atoms with Crippen molar-refractivity contribution in [2.45, 2.75) is 20.0 Å². The molecule has 2 aromatic rings. The minimum Gasteiger partial charge on any atom is -0.450 e. The molecule has 0 spiro atoms. The van der Waals surface area contributed by atoms with Crippen LogP contribution in [0.4, 0.5) is 10.5 Å². The van der Waals surface area contributed by atoms with Crippen LogP contribution in [0.5, 0.6) is 0 Å². The number of hydrogen-bond acceptors (Lipinski definition) is 4. The van der Waals surface area contributed by atoms with Crippen LogP contribution in [-0.4, -0.2) is 40.7 Å². The molecule has 20 heavy (non-hydrogen) atoms. The maximum Gasteiger partial charge on any atom is 0.411 e. The average molecular weight is 274 g/mol. The number of rotatable bonds is 2. The van der Waals surface area contributed by atoms with Gasteiger partial charge in [0.15, 0.2) is 0 Å². The Hall–Kier alpha value is -2.08. The average Bonchev–Trinajstić information content (AvgIpc) is 2.75. The molecule has 1 aromatic carbocycles. The van der Waals surface area contributed by atoms with Gasteiger partial charge >= 0.3 is 6.09 Å². The Kier molecular flexibility index (Phi) is 3.31. The summed E-state index contributed by atoms with van der Waals surface area (Å²) in [4.78, 5) is 18.3. The lowest BCUT2D eigenvalue weighted by Crippen LogP contribution is -2.30. The van der Waals surface area contributed by atoms with Gasteiger partial charge in [-0.1, -0.05) is 0 Å². The number of carbonyl (C=O) groups is 1. The van der Waals surface area contributed by atoms with Crippen LogP contribution in [0.25, 0.3) is 11.0 Å². The summed E-state index contributed by atoms with van der Waals surface area (Å²) in [5, 5.41) is 2.70. The number of imidazole rings is 1. The van der Waals surface area contributed by atoms with E-state index in [1.165, 1.54) is 0 Å². The monoisotopic (exact) mass is 274 g/mol. The molecule has 0 saturated carbocycles. The van der Waals surface area contributed by atoms with Gasteiger partial charge in [0.05, 0.1) is 24.2 Å². The lowest BCUT2D eigenvalue weighted by Gasteiger charge is -2.23. The minimum atomic E-state index is -0.435. The molecule has 0 radical (unpaired) electrons. The lowest BCUT2D eigenvalue weighted by atomic mass is 10.2. The molecule has 0 fully saturated rings. The quantitative estimate of drug-likeness (QED) is 0.910. The molecule has 1 aromatic heterocycles. The van der Waals surface area contributed by atoms with Gasteiger partial charge in [-0.2, -0.15) is 0 Å². The van der Waals surface area contributed by atoms with Crippen molar-refractivity contribution in [1.82, 2.24) is 14.5 Å². The van der Waals surface area contributed by atoms with E-state index >= 15 is 0 Å². The van der Waals surface area contributed by atoms with Gasteiger partial charge in [-0.3, -0.25) is 10.2 Å². The fourth-order valence-corrected chi connectivity index (χ4v) is 2.50. The smallest absolute Gasteiger partial charge is 0.411 e. The molecule has 1 N–H and O–H groups in total. The summed E-state index contributed by atoms with van der Waals surface area (Å²) in [6.45, 7) is 4.98. The summed E-state index contributed by atoms with van der Waals surface area (Å²) in [5.74, 6) is 1.07. The Morgan fingerprint density at radius 3 is 3.10 bits per heavy atom. The maximum atomic E-state index is 11.4. The van der Waals surface area contributed by atoms with Crippen LogP contribution >= 0.6 is 0 Å². The topological polar surface area (TPSA) is 59.4 Å². The molecule has 0 bridgehead atoms. The van der Waals surface area contributed by atoms with E-state index in [2.05, 4.69) is 26.8 Å². The number of aromatic nitrogens is 2. The highest BCUT2D eigenvalue weighted by molar-refractivity contribution is 5.89. The zero-order chi connectivity index (χ0) is 14.1. The van der Waals surface area contributed by atoms with E-state index in [4.69, 9.17) is 4.74 Å². The molecule has 0 aliphatic carbocycles. The van der Waals surface area contributed by atoms with Gasteiger partial charge in [-0.25, -0.2) is 9.78 Å². The maximum absolute atomic E-state index is 11.4. The third-order valence-corrected chi connectivity index (χ3v) is 3.47. The molecule has 2 heterocycles. The van der Waals surface area contributed by atoms with Crippen LogP contribution in [0.3, 0.4) is 0 Å². The van der Waals surface area contributed by atoms with E-state index in [0.29, 0.717) is 12.3 Å². The summed E-state index contributed by atoms with van der Waals surface area (Å²) in [5.41, 5.74) is 2.73. The van der Waals surface area contributed by atoms with Gasteiger partial charge in [0.1, 0.15) is 5.82 Å². The highest BCUT2D eigenvalue weighted by atomic mass is 16.5. The van der Waals surface area contributed by atoms with Crippen molar-refractivity contribution >= 4 is 22.8 Å². The number of fused-ring (bicyclic) bond motifs is 3. The van der Waals surface area contributed by atoms with Gasteiger partial charge in [0.2, 0.25) is 0 Å². The van der Waals surface area contributed by atoms with E-state index < -0.39 is 6.09 Å². The van der Waals surface area contributed by atoms with Crippen molar-refractivity contribution in [3.05, 3.63) is 24.0 Å². The predicted molar refractivity (Wildman–Crippen MR) is 76.7 cm³/mol. The largest absolute Gasteiger partial charge is 0.450 e. The molecule has 0 unspecified atom stereocenters. The van der Waals surface area contributed by atoms with Gasteiger partial charge in [0, 0.05) is 18.8 Å². The van der Waals surface area contributed by atoms with Gasteiger partial charge < -0.3 is 9.30 Å². The van der Waals surface area contributed by atoms with Crippen LogP contribution in [0.1, 0.15) is 12.7 Å². The molecule has 0 saturated heterocycles. The van der Waals surface area contributed by atoms with Gasteiger partial charge in [-0.15, -0.1) is 0 Å². The predicted octanol–water partition coefficient (Wildman–Crippen LogP) is 2.05. The number of likely N-dealkylation sites (N-methyl/N-ethyl adjacent to an activating group) is 1. The van der Waals surface area contributed by atoms with Crippen molar-refractivity contribution in [3.63, 3.8) is 0 Å². The van der Waals surface area contributed by atoms with E-state index in [-0.39, 0.29) is 0 Å². The van der Waals surface area contributed by atoms with Crippen LogP contribution < -0.4 is 5.32 Å². The molecular formula is C14H18N4O2. The zero-order valence-corrected chi connectivity index (χ0v) is 11.7. The van der Waals surface area contributed by atoms with Crippen LogP contribution in [-0.2, 0) is 17.8 Å². The zero-order valence-electron chi connectivity index (χ0n) is 11.7. The summed E-state index contributed by atoms with van der Waals surface area (Å²) in [6, 6.07) is 5.77. The normalized spacial score (nSPS) is 15.1. The summed E-state index contributed by atoms with van der Waals surface area (Å²) in [6.07, 6.45) is -0.435. The molecule has 6 heteroatoms. The van der Waals surface area contributed by atoms with Crippen molar-refractivity contribution in [3.8, 4) is 0 Å². The van der Waals surface area contributed by atoms with Crippen molar-refractivity contribution in [2.24, 2.45) is 0 Å². The van der Waals surface area contributed by atoms with Crippen LogP contribution in [0.15, 0.2) is 18.2 Å². The summed E-state index contributed by atoms with van der Waals surface area (Å²) in [7, 11) is 2.09. The molecule has 106 valence electrons. The first-order chi connectivity index (χ1) is 9.67. The number of amides is 1. The van der Waals surface area contributed by atoms with E-state index in [0.717, 1.165) is 36.5 Å². The van der Waals surface area contributed by atoms with Crippen molar-refractivity contribution < 1.29 is 9.53 Å². The number of benzene rings is 1. The number of anilines is 1. The number of hydrogen-bond donors (Lipinski definition) is 1. The second kappa shape index (κ2) is 5.13. The highest BCUT2D eigenvalue weighted by Crippen LogP contribution is 2.23. The molecular weight excluding hydrogens is 256 g/mol. The van der Waals surface area contributed by atoms with Crippen molar-refractivity contribution in [2.75, 3.05) is 25.5 Å². The molecule has 1 amide bonds. The van der Waals surface area contributed by atoms with Crippen LogP contribution in [0, 0.1) is 0 Å². The first-order valence-corrected chi connectivity index (χ1v) is 6.79. The first-order valence-electron chi connectivity index (χ1n) is 6.79. The first kappa shape index (κ1) is 12.9. The Morgan fingerprint density at radius 2 is 2.30 bits per heavy atom. The fourth-order valence-electron chi connectivity index (χ4n) is 2.50. The van der Waals surface area contributed by atoms with E-state index in [1.54, 1.807) is 6.92 Å². The molecule has 1 aliphatic rings. The van der Waals surface area contributed by atoms with Crippen molar-refractivity contribution in [1.29, 1.82) is 0 Å². The number of nitrogens with one attached hydrogen (secondary N) is 1. The van der Waals surface area contributed by atoms with E-state index in [9.17, 15) is 4.79 Å². The lowest BCUT2D eigenvalue weighted by molar-refractivity contribution is 0.168. The SMILES string of the molecule is CCOC(=O)Nc1ccc2c(c1)nc1n2CCN(C)C1. The number of ether oxygens (including phenoxy) is 1. The molecule has 6 nitrogen and oxygen atoms in total. The summed E-state index contributed by atoms with van der Waals surface area (Å²) >= 11 is 0. The Balaban J connectivity index is 1.90. The molecule has 1 aliphatic heterocycles. The number of carbonyl (C=O) groups excluding carboxylic acids is 1. The summed E-state index contributed by atoms with van der Waals surface area (Å²) < 4.78 is 7.11. The second-order valence-electron chi connectivity index (χ2n) is 4.97. The Labute approximate surface area is 117 Å². The van der Waals surface area contributed by atoms with E-state index in [1.807, 2.05) is 18.2 Å². The third kappa shape index (κ3) is 2.34. The van der Waals surface area contributed by atoms with Crippen LogP contribution in [0.2, 0.25) is 0 Å². The fraction of sp³-hybridized carbons (Fsp3) is 0.429. The van der Waals surface area contributed by atoms with Gasteiger partial charge in [0.25, 0.3) is 0 Å². The standard InChI is InChI=1S/C14H18N4O2/c1-3-20-14(19)15-10-4-5-12-11(8-10)16-13-9-17(2)6-7-18(12)13/h4-5,8H,3,6-7,9H2,1-2H3,(H,15,19). The minimum absolute atomic E-state index is 0.360. The van der Waals surface area contributed by atoms with Gasteiger partial charge in [-0.05, 0) is 32.2 Å². The second-order valence-corrected chi connectivity index (χ2v) is 4.97. The molecule has 3 rings (SSSR count). The Bertz CT molecular complexity index is 650.